The van der Waals surface area contributed by atoms with Crippen LogP contribution in [0, 0.1) is 0 Å². The molecule has 0 aliphatic rings. The lowest BCUT2D eigenvalue weighted by Crippen LogP contribution is -2.57. The summed E-state index contributed by atoms with van der Waals surface area (Å²) in [6.45, 7) is 3.08. The van der Waals surface area contributed by atoms with Crippen molar-refractivity contribution in [1.82, 2.24) is 26.6 Å². The minimum Gasteiger partial charge on any atom is -0.508 e. The first-order valence-electron chi connectivity index (χ1n) is 21.7. The molecule has 0 aliphatic heterocycles. The fourth-order valence-electron chi connectivity index (χ4n) is 6.62. The Bertz CT molecular complexity index is 1620. The van der Waals surface area contributed by atoms with E-state index in [9.17, 15) is 33.9 Å². The second-order valence-electron chi connectivity index (χ2n) is 15.4. The number of aromatic hydroxyl groups is 1. The summed E-state index contributed by atoms with van der Waals surface area (Å²) in [5.74, 6) is -3.13. The van der Waals surface area contributed by atoms with E-state index in [2.05, 4.69) is 38.5 Å². The SMILES string of the molecule is CCCCCCCCCCCCCCCC(=O)NCC(=O)NCC(=O)N[C@@H](Cc1ccc(O)cc1)C(=O)N[C@@H](Cc1ccccc1)C(=O)N[C@@H](CCCN=C(N)N)C(C)=O. The number of phenolic OH excluding ortho intramolecular Hbond substituents is 1. The van der Waals surface area contributed by atoms with Gasteiger partial charge in [-0.3, -0.25) is 33.8 Å². The molecule has 5 amide bonds. The third-order valence-corrected chi connectivity index (χ3v) is 10.1. The number of hydrogen-bond acceptors (Lipinski definition) is 8. The van der Waals surface area contributed by atoms with Crippen molar-refractivity contribution in [3.8, 4) is 5.75 Å². The Kier molecular flexibility index (Phi) is 25.8. The predicted molar refractivity (Wildman–Crippen MR) is 235 cm³/mol. The average Bonchev–Trinajstić information content (AvgIpc) is 3.22. The number of hydrogen-bond donors (Lipinski definition) is 8. The molecular formula is C45H70N8O7. The van der Waals surface area contributed by atoms with E-state index in [4.69, 9.17) is 11.5 Å². The summed E-state index contributed by atoms with van der Waals surface area (Å²) < 4.78 is 0. The molecule has 0 bridgehead atoms. The van der Waals surface area contributed by atoms with Crippen LogP contribution in [-0.2, 0) is 41.6 Å². The number of nitrogens with zero attached hydrogens (tertiary/aromatic N) is 1. The van der Waals surface area contributed by atoms with Gasteiger partial charge in [0.25, 0.3) is 0 Å². The Morgan fingerprint density at radius 1 is 0.583 bits per heavy atom. The van der Waals surface area contributed by atoms with Crippen molar-refractivity contribution in [3.05, 3.63) is 65.7 Å². The van der Waals surface area contributed by atoms with Crippen molar-refractivity contribution in [1.29, 1.82) is 0 Å². The van der Waals surface area contributed by atoms with Gasteiger partial charge in [-0.25, -0.2) is 0 Å². The maximum absolute atomic E-state index is 13.9. The highest BCUT2D eigenvalue weighted by atomic mass is 16.3. The second-order valence-corrected chi connectivity index (χ2v) is 15.4. The number of phenols is 1. The Morgan fingerprint density at radius 2 is 1.07 bits per heavy atom. The molecule has 0 aliphatic carbocycles. The van der Waals surface area contributed by atoms with Crippen LogP contribution in [-0.4, -0.2) is 84.1 Å². The van der Waals surface area contributed by atoms with E-state index in [1.54, 1.807) is 36.4 Å². The minimum atomic E-state index is -1.20. The number of Topliss-reactive ketones (excluding diaryl/α,β-unsaturated/α-hetero) is 1. The molecule has 3 atom stereocenters. The van der Waals surface area contributed by atoms with Gasteiger partial charge < -0.3 is 43.2 Å². The molecule has 2 rings (SSSR count). The van der Waals surface area contributed by atoms with Crippen LogP contribution in [0.4, 0.5) is 0 Å². The lowest BCUT2D eigenvalue weighted by Gasteiger charge is -2.25. The number of guanidine groups is 1. The maximum Gasteiger partial charge on any atom is 0.243 e. The number of rotatable bonds is 32. The topological polar surface area (TPSA) is 247 Å². The van der Waals surface area contributed by atoms with Crippen molar-refractivity contribution in [2.75, 3.05) is 19.6 Å². The number of aliphatic imine (C=N–C) groups is 1. The lowest BCUT2D eigenvalue weighted by molar-refractivity contribution is -0.133. The number of ketones is 1. The summed E-state index contributed by atoms with van der Waals surface area (Å²) in [6, 6.07) is 11.9. The van der Waals surface area contributed by atoms with Crippen LogP contribution in [0.3, 0.4) is 0 Å². The van der Waals surface area contributed by atoms with Gasteiger partial charge in [0.2, 0.25) is 29.5 Å². The second kappa shape index (κ2) is 30.6. The van der Waals surface area contributed by atoms with Crippen LogP contribution in [0.5, 0.6) is 5.75 Å². The highest BCUT2D eigenvalue weighted by molar-refractivity contribution is 5.95. The smallest absolute Gasteiger partial charge is 0.243 e. The van der Waals surface area contributed by atoms with E-state index in [0.717, 1.165) is 31.2 Å². The molecule has 0 spiro atoms. The Balaban J connectivity index is 1.92. The van der Waals surface area contributed by atoms with Crippen molar-refractivity contribution in [2.45, 2.75) is 148 Å². The van der Waals surface area contributed by atoms with E-state index in [1.807, 2.05) is 6.07 Å². The third-order valence-electron chi connectivity index (χ3n) is 10.1. The Morgan fingerprint density at radius 3 is 1.62 bits per heavy atom. The van der Waals surface area contributed by atoms with E-state index in [-0.39, 0.29) is 55.8 Å². The molecule has 15 nitrogen and oxygen atoms in total. The highest BCUT2D eigenvalue weighted by Crippen LogP contribution is 2.14. The number of amides is 5. The van der Waals surface area contributed by atoms with Gasteiger partial charge in [-0.15, -0.1) is 0 Å². The molecule has 0 saturated heterocycles. The van der Waals surface area contributed by atoms with Crippen LogP contribution in [0.15, 0.2) is 59.6 Å². The minimum absolute atomic E-state index is 0.0123. The van der Waals surface area contributed by atoms with Crippen LogP contribution < -0.4 is 38.1 Å². The molecule has 15 heteroatoms. The summed E-state index contributed by atoms with van der Waals surface area (Å²) in [7, 11) is 0. The number of benzene rings is 2. The van der Waals surface area contributed by atoms with E-state index < -0.39 is 48.3 Å². The summed E-state index contributed by atoms with van der Waals surface area (Å²) in [5.41, 5.74) is 12.1. The number of carbonyl (C=O) groups is 6. The quantitative estimate of drug-likeness (QED) is 0.0301. The average molecular weight is 835 g/mol. The normalized spacial score (nSPS) is 12.3. The molecule has 0 unspecified atom stereocenters. The largest absolute Gasteiger partial charge is 0.508 e. The molecule has 0 radical (unpaired) electrons. The van der Waals surface area contributed by atoms with Gasteiger partial charge in [0.05, 0.1) is 19.1 Å². The molecule has 332 valence electrons. The van der Waals surface area contributed by atoms with Crippen molar-refractivity contribution >= 4 is 41.3 Å². The molecule has 2 aromatic rings. The first-order chi connectivity index (χ1) is 28.9. The Hall–Kier alpha value is -5.47. The highest BCUT2D eigenvalue weighted by Gasteiger charge is 2.29. The summed E-state index contributed by atoms with van der Waals surface area (Å²) in [4.78, 5) is 82.0. The first-order valence-corrected chi connectivity index (χ1v) is 21.7. The standard InChI is InChI=1S/C45H70N8O7/c1-3-4-5-6-7-8-9-10-11-12-13-14-18-23-40(56)49-31-41(57)50-32-42(58)51-38(30-35-24-26-36(55)27-25-35)43(59)53-39(29-34-20-16-15-17-21-34)44(60)52-37(33(2)54)22-19-28-48-45(46)47/h15-17,20-21,24-27,37-39,55H,3-14,18-19,22-23,28-32H2,1-2H3,(H,49,56)(H,50,57)(H,51,58)(H,52,60)(H,53,59)(H4,46,47,48)/t37-,38-,39-/m0/s1. The van der Waals surface area contributed by atoms with Gasteiger partial charge in [0.15, 0.2) is 11.7 Å². The zero-order valence-corrected chi connectivity index (χ0v) is 35.8. The van der Waals surface area contributed by atoms with E-state index >= 15 is 0 Å². The van der Waals surface area contributed by atoms with Crippen LogP contribution >= 0.6 is 0 Å². The number of nitrogens with two attached hydrogens (primary N) is 2. The molecular weight excluding hydrogens is 765 g/mol. The summed E-state index contributed by atoms with van der Waals surface area (Å²) in [6.07, 6.45) is 16.7. The van der Waals surface area contributed by atoms with Crippen molar-refractivity contribution < 1.29 is 33.9 Å². The molecule has 0 saturated carbocycles. The predicted octanol–water partition coefficient (Wildman–Crippen LogP) is 3.99. The fourth-order valence-corrected chi connectivity index (χ4v) is 6.62. The number of nitrogens with one attached hydrogen (secondary N) is 5. The van der Waals surface area contributed by atoms with Crippen LogP contribution in [0.2, 0.25) is 0 Å². The van der Waals surface area contributed by atoms with Gasteiger partial charge in [0, 0.05) is 25.8 Å². The molecule has 0 heterocycles. The van der Waals surface area contributed by atoms with Gasteiger partial charge >= 0.3 is 0 Å². The van der Waals surface area contributed by atoms with Crippen molar-refractivity contribution in [2.24, 2.45) is 16.5 Å². The molecule has 60 heavy (non-hydrogen) atoms. The molecule has 0 fully saturated rings. The first kappa shape index (κ1) is 50.7. The molecule has 2 aromatic carbocycles. The van der Waals surface area contributed by atoms with Crippen molar-refractivity contribution in [3.63, 3.8) is 0 Å². The molecule has 10 N–H and O–H groups in total. The maximum atomic E-state index is 13.9. The summed E-state index contributed by atoms with van der Waals surface area (Å²) >= 11 is 0. The number of carbonyl (C=O) groups excluding carboxylic acids is 6. The molecule has 0 aromatic heterocycles. The Labute approximate surface area is 356 Å². The van der Waals surface area contributed by atoms with Gasteiger partial charge in [-0.05, 0) is 49.4 Å². The van der Waals surface area contributed by atoms with E-state index in [1.165, 1.54) is 76.8 Å². The summed E-state index contributed by atoms with van der Waals surface area (Å²) in [5, 5.41) is 23.0. The van der Waals surface area contributed by atoms with Gasteiger partial charge in [-0.1, -0.05) is 126 Å². The van der Waals surface area contributed by atoms with Gasteiger partial charge in [0.1, 0.15) is 17.8 Å². The lowest BCUT2D eigenvalue weighted by atomic mass is 10.0. The van der Waals surface area contributed by atoms with Gasteiger partial charge in [-0.2, -0.15) is 0 Å². The van der Waals surface area contributed by atoms with E-state index in [0.29, 0.717) is 18.4 Å². The van der Waals surface area contributed by atoms with Crippen LogP contribution in [0.25, 0.3) is 0 Å². The fraction of sp³-hybridized carbons (Fsp3) is 0.578. The number of unbranched alkanes of at least 4 members (excludes halogenated alkanes) is 12. The zero-order chi connectivity index (χ0) is 44.0. The van der Waals surface area contributed by atoms with Crippen LogP contribution in [0.1, 0.15) is 128 Å². The zero-order valence-electron chi connectivity index (χ0n) is 35.8. The monoisotopic (exact) mass is 835 g/mol. The third kappa shape index (κ3) is 23.8.